The van der Waals surface area contributed by atoms with Gasteiger partial charge in [0, 0.05) is 12.6 Å². The van der Waals surface area contributed by atoms with E-state index in [0.29, 0.717) is 12.8 Å². The number of amides is 2. The lowest BCUT2D eigenvalue weighted by molar-refractivity contribution is -0.154. The van der Waals surface area contributed by atoms with Crippen molar-refractivity contribution in [2.75, 3.05) is 13.7 Å². The standard InChI is InChI=1S/C19H24N2O5/c1-4-10-19(18(25)26-3)14-13(16(23)21(5-2)17(14)24)15(20-19)11-6-8-12(22)9-7-11/h6-9,13-15,20,22H,4-5,10H2,1-3H3/t13-,14+,15-,19-/m0/s1. The van der Waals surface area contributed by atoms with Crippen molar-refractivity contribution < 1.29 is 24.2 Å². The Hall–Kier alpha value is -2.41. The summed E-state index contributed by atoms with van der Waals surface area (Å²) in [5, 5.41) is 12.8. The van der Waals surface area contributed by atoms with Gasteiger partial charge in [-0.1, -0.05) is 25.5 Å². The van der Waals surface area contributed by atoms with Crippen molar-refractivity contribution in [1.82, 2.24) is 10.2 Å². The number of rotatable bonds is 5. The van der Waals surface area contributed by atoms with Gasteiger partial charge in [0.25, 0.3) is 0 Å². The molecule has 3 rings (SSSR count). The largest absolute Gasteiger partial charge is 0.508 e. The van der Waals surface area contributed by atoms with Crippen molar-refractivity contribution in [3.63, 3.8) is 0 Å². The molecule has 0 radical (unpaired) electrons. The first-order valence-electron chi connectivity index (χ1n) is 8.91. The van der Waals surface area contributed by atoms with E-state index in [4.69, 9.17) is 4.74 Å². The molecule has 2 aliphatic rings. The monoisotopic (exact) mass is 360 g/mol. The minimum absolute atomic E-state index is 0.111. The fourth-order valence-corrected chi connectivity index (χ4v) is 4.44. The van der Waals surface area contributed by atoms with Crippen LogP contribution in [-0.2, 0) is 19.1 Å². The number of fused-ring (bicyclic) bond motifs is 1. The Morgan fingerprint density at radius 2 is 1.88 bits per heavy atom. The summed E-state index contributed by atoms with van der Waals surface area (Å²) < 4.78 is 5.03. The van der Waals surface area contributed by atoms with E-state index >= 15 is 0 Å². The minimum atomic E-state index is -1.23. The summed E-state index contributed by atoms with van der Waals surface area (Å²) in [6, 6.07) is 5.97. The number of imide groups is 1. The molecule has 2 amide bonds. The van der Waals surface area contributed by atoms with E-state index in [1.165, 1.54) is 24.1 Å². The highest BCUT2D eigenvalue weighted by atomic mass is 16.5. The van der Waals surface area contributed by atoms with Crippen molar-refractivity contribution in [3.05, 3.63) is 29.8 Å². The van der Waals surface area contributed by atoms with E-state index in [1.54, 1.807) is 19.1 Å². The molecule has 0 aromatic heterocycles. The van der Waals surface area contributed by atoms with Crippen LogP contribution >= 0.6 is 0 Å². The summed E-state index contributed by atoms with van der Waals surface area (Å²) in [7, 11) is 1.29. The van der Waals surface area contributed by atoms with Crippen LogP contribution in [0.1, 0.15) is 38.3 Å². The normalized spacial score (nSPS) is 30.6. The summed E-state index contributed by atoms with van der Waals surface area (Å²) in [6.07, 6.45) is 1.05. The van der Waals surface area contributed by atoms with Crippen molar-refractivity contribution in [3.8, 4) is 5.75 Å². The molecule has 2 heterocycles. The third-order valence-corrected chi connectivity index (χ3v) is 5.51. The number of phenolic OH excluding ortho intramolecular Hbond substituents is 1. The maximum absolute atomic E-state index is 13.0. The fraction of sp³-hybridized carbons (Fsp3) is 0.526. The van der Waals surface area contributed by atoms with E-state index in [2.05, 4.69) is 5.32 Å². The lowest BCUT2D eigenvalue weighted by Gasteiger charge is -2.32. The molecule has 2 fully saturated rings. The summed E-state index contributed by atoms with van der Waals surface area (Å²) in [6.45, 7) is 3.95. The molecule has 7 nitrogen and oxygen atoms in total. The highest BCUT2D eigenvalue weighted by molar-refractivity contribution is 6.09. The molecule has 7 heteroatoms. The molecule has 1 aromatic rings. The molecule has 2 N–H and O–H groups in total. The van der Waals surface area contributed by atoms with Gasteiger partial charge in [-0.05, 0) is 31.0 Å². The van der Waals surface area contributed by atoms with Crippen LogP contribution in [0.5, 0.6) is 5.75 Å². The number of nitrogens with one attached hydrogen (secondary N) is 1. The zero-order valence-electron chi connectivity index (χ0n) is 15.2. The minimum Gasteiger partial charge on any atom is -0.508 e. The maximum Gasteiger partial charge on any atom is 0.326 e. The van der Waals surface area contributed by atoms with E-state index in [9.17, 15) is 19.5 Å². The average molecular weight is 360 g/mol. The number of carbonyl (C=O) groups is 3. The summed E-state index contributed by atoms with van der Waals surface area (Å²) in [5.41, 5.74) is -0.480. The second-order valence-corrected chi connectivity index (χ2v) is 6.85. The second-order valence-electron chi connectivity index (χ2n) is 6.85. The van der Waals surface area contributed by atoms with Gasteiger partial charge in [0.1, 0.15) is 11.3 Å². The Morgan fingerprint density at radius 1 is 1.23 bits per heavy atom. The van der Waals surface area contributed by atoms with Gasteiger partial charge < -0.3 is 9.84 Å². The zero-order chi connectivity index (χ0) is 19.1. The van der Waals surface area contributed by atoms with Crippen molar-refractivity contribution >= 4 is 17.8 Å². The lowest BCUT2D eigenvalue weighted by atomic mass is 9.77. The Bertz CT molecular complexity index is 732. The topological polar surface area (TPSA) is 95.9 Å². The van der Waals surface area contributed by atoms with Crippen molar-refractivity contribution in [2.24, 2.45) is 11.8 Å². The SMILES string of the molecule is CCC[C@]1(C(=O)OC)N[C@@H](c2ccc(O)cc2)[C@H]2C(=O)N(CC)C(=O)[C@@H]21. The molecular weight excluding hydrogens is 336 g/mol. The Balaban J connectivity index is 2.13. The molecule has 0 spiro atoms. The Kier molecular flexibility index (Phi) is 4.75. The maximum atomic E-state index is 13.0. The molecule has 4 atom stereocenters. The number of nitrogens with zero attached hydrogens (tertiary/aromatic N) is 1. The van der Waals surface area contributed by atoms with Crippen LogP contribution in [0.3, 0.4) is 0 Å². The van der Waals surface area contributed by atoms with Crippen LogP contribution in [0.4, 0.5) is 0 Å². The highest BCUT2D eigenvalue weighted by Gasteiger charge is 2.68. The molecule has 0 bridgehead atoms. The number of hydrogen-bond donors (Lipinski definition) is 2. The van der Waals surface area contributed by atoms with Gasteiger partial charge in [-0.25, -0.2) is 0 Å². The van der Waals surface area contributed by atoms with E-state index in [1.807, 2.05) is 6.92 Å². The highest BCUT2D eigenvalue weighted by Crippen LogP contribution is 2.50. The third kappa shape index (κ3) is 2.49. The van der Waals surface area contributed by atoms with E-state index in [0.717, 1.165) is 5.56 Å². The molecule has 2 saturated heterocycles. The van der Waals surface area contributed by atoms with Gasteiger partial charge in [-0.3, -0.25) is 24.6 Å². The molecule has 2 aliphatic heterocycles. The number of ether oxygens (including phenoxy) is 1. The molecule has 0 unspecified atom stereocenters. The van der Waals surface area contributed by atoms with E-state index in [-0.39, 0.29) is 24.1 Å². The van der Waals surface area contributed by atoms with Gasteiger partial charge in [0.15, 0.2) is 0 Å². The zero-order valence-corrected chi connectivity index (χ0v) is 15.2. The number of phenols is 1. The summed E-state index contributed by atoms with van der Waals surface area (Å²) >= 11 is 0. The molecule has 140 valence electrons. The van der Waals surface area contributed by atoms with Crippen LogP contribution in [0, 0.1) is 11.8 Å². The summed E-state index contributed by atoms with van der Waals surface area (Å²) in [4.78, 5) is 39.9. The quantitative estimate of drug-likeness (QED) is 0.608. The fourth-order valence-electron chi connectivity index (χ4n) is 4.44. The predicted octanol–water partition coefficient (Wildman–Crippen LogP) is 1.37. The van der Waals surface area contributed by atoms with Gasteiger partial charge in [0.05, 0.1) is 18.9 Å². The molecule has 0 saturated carbocycles. The number of likely N-dealkylation sites (tertiary alicyclic amines) is 1. The Labute approximate surface area is 152 Å². The van der Waals surface area contributed by atoms with E-state index < -0.39 is 29.4 Å². The first-order valence-corrected chi connectivity index (χ1v) is 8.91. The van der Waals surface area contributed by atoms with Crippen LogP contribution < -0.4 is 5.32 Å². The van der Waals surface area contributed by atoms with Gasteiger partial charge in [0.2, 0.25) is 11.8 Å². The van der Waals surface area contributed by atoms with Crippen molar-refractivity contribution in [1.29, 1.82) is 0 Å². The van der Waals surface area contributed by atoms with Gasteiger partial charge in [-0.15, -0.1) is 0 Å². The first kappa shape index (κ1) is 18.4. The number of benzene rings is 1. The van der Waals surface area contributed by atoms with Crippen LogP contribution in [-0.4, -0.2) is 47.0 Å². The van der Waals surface area contributed by atoms with Crippen LogP contribution in [0.15, 0.2) is 24.3 Å². The second kappa shape index (κ2) is 6.72. The Morgan fingerprint density at radius 3 is 2.42 bits per heavy atom. The summed E-state index contributed by atoms with van der Waals surface area (Å²) in [5.74, 6) is -2.46. The van der Waals surface area contributed by atoms with Crippen molar-refractivity contribution in [2.45, 2.75) is 38.3 Å². The number of methoxy groups -OCH3 is 1. The molecule has 0 aliphatic carbocycles. The smallest absolute Gasteiger partial charge is 0.326 e. The average Bonchev–Trinajstić information content (AvgIpc) is 3.10. The molecule has 1 aromatic carbocycles. The first-order chi connectivity index (χ1) is 12.4. The lowest BCUT2D eigenvalue weighted by Crippen LogP contribution is -2.56. The molecular formula is C19H24N2O5. The van der Waals surface area contributed by atoms with Gasteiger partial charge >= 0.3 is 5.97 Å². The number of esters is 1. The van der Waals surface area contributed by atoms with Crippen LogP contribution in [0.2, 0.25) is 0 Å². The number of carbonyl (C=O) groups excluding carboxylic acids is 3. The predicted molar refractivity (Wildman–Crippen MR) is 93.0 cm³/mol. The number of aromatic hydroxyl groups is 1. The van der Waals surface area contributed by atoms with Crippen LogP contribution in [0.25, 0.3) is 0 Å². The van der Waals surface area contributed by atoms with Gasteiger partial charge in [-0.2, -0.15) is 0 Å². The third-order valence-electron chi connectivity index (χ3n) is 5.51. The number of hydrogen-bond acceptors (Lipinski definition) is 6. The molecule has 26 heavy (non-hydrogen) atoms.